The molecular formula is C17H19N3O. The third-order valence-electron chi connectivity index (χ3n) is 3.78. The van der Waals surface area contributed by atoms with E-state index in [-0.39, 0.29) is 0 Å². The third kappa shape index (κ3) is 2.50. The number of para-hydroxylation sites is 2. The molecule has 1 aromatic heterocycles. The zero-order chi connectivity index (χ0) is 14.8. The van der Waals surface area contributed by atoms with Gasteiger partial charge in [-0.15, -0.1) is 0 Å². The van der Waals surface area contributed by atoms with Gasteiger partial charge in [-0.2, -0.15) is 5.10 Å². The molecule has 3 aromatic rings. The summed E-state index contributed by atoms with van der Waals surface area (Å²) in [6.45, 7) is 2.87. The predicted molar refractivity (Wildman–Crippen MR) is 84.9 cm³/mol. The molecule has 0 spiro atoms. The fraction of sp³-hybridized carbons (Fsp3) is 0.235. The summed E-state index contributed by atoms with van der Waals surface area (Å²) in [5.74, 6) is 0. The first-order valence-electron chi connectivity index (χ1n) is 7.17. The lowest BCUT2D eigenvalue weighted by Crippen LogP contribution is -2.06. The monoisotopic (exact) mass is 281 g/mol. The van der Waals surface area contributed by atoms with Crippen LogP contribution in [0.1, 0.15) is 24.3 Å². The number of aliphatic hydroxyl groups excluding tert-OH is 1. The predicted octanol–water partition coefficient (Wildman–Crippen LogP) is 2.91. The molecule has 4 nitrogen and oxygen atoms in total. The second-order valence-electron chi connectivity index (χ2n) is 5.13. The molecule has 1 unspecified atom stereocenters. The lowest BCUT2D eigenvalue weighted by Gasteiger charge is -2.12. The molecule has 0 saturated carbocycles. The maximum Gasteiger partial charge on any atom is 0.0866 e. The number of aliphatic hydroxyl groups is 1. The highest BCUT2D eigenvalue weighted by Gasteiger charge is 2.16. The SMILES string of the molecule is CCn1nc(CC(O)c2ccccc2N)c2ccccc21. The van der Waals surface area contributed by atoms with Crippen molar-refractivity contribution in [3.05, 3.63) is 59.8 Å². The molecule has 4 heteroatoms. The summed E-state index contributed by atoms with van der Waals surface area (Å²) >= 11 is 0. The van der Waals surface area contributed by atoms with E-state index in [9.17, 15) is 5.11 Å². The van der Waals surface area contributed by atoms with Gasteiger partial charge in [-0.3, -0.25) is 4.68 Å². The molecule has 0 saturated heterocycles. The average molecular weight is 281 g/mol. The van der Waals surface area contributed by atoms with Crippen molar-refractivity contribution in [2.45, 2.75) is 26.0 Å². The summed E-state index contributed by atoms with van der Waals surface area (Å²) < 4.78 is 1.96. The summed E-state index contributed by atoms with van der Waals surface area (Å²) in [6, 6.07) is 15.5. The Kier molecular flexibility index (Phi) is 3.62. The van der Waals surface area contributed by atoms with Crippen LogP contribution in [0.25, 0.3) is 10.9 Å². The van der Waals surface area contributed by atoms with E-state index in [0.29, 0.717) is 12.1 Å². The van der Waals surface area contributed by atoms with Gasteiger partial charge in [0.15, 0.2) is 0 Å². The molecule has 1 heterocycles. The van der Waals surface area contributed by atoms with Crippen LogP contribution in [0, 0.1) is 0 Å². The van der Waals surface area contributed by atoms with Gasteiger partial charge in [-0.05, 0) is 19.1 Å². The number of hydrogen-bond acceptors (Lipinski definition) is 3. The summed E-state index contributed by atoms with van der Waals surface area (Å²) in [4.78, 5) is 0. The highest BCUT2D eigenvalue weighted by Crippen LogP contribution is 2.26. The Bertz CT molecular complexity index is 764. The van der Waals surface area contributed by atoms with Gasteiger partial charge in [-0.25, -0.2) is 0 Å². The molecule has 1 atom stereocenters. The van der Waals surface area contributed by atoms with E-state index in [1.807, 2.05) is 41.1 Å². The van der Waals surface area contributed by atoms with Crippen LogP contribution in [0.3, 0.4) is 0 Å². The van der Waals surface area contributed by atoms with Crippen LogP contribution in [0.5, 0.6) is 0 Å². The lowest BCUT2D eigenvalue weighted by molar-refractivity contribution is 0.178. The van der Waals surface area contributed by atoms with Crippen molar-refractivity contribution in [2.24, 2.45) is 0 Å². The van der Waals surface area contributed by atoms with Gasteiger partial charge in [0.1, 0.15) is 0 Å². The molecule has 108 valence electrons. The van der Waals surface area contributed by atoms with Gasteiger partial charge < -0.3 is 10.8 Å². The van der Waals surface area contributed by atoms with Crippen LogP contribution in [0.2, 0.25) is 0 Å². The molecule has 0 bridgehead atoms. The van der Waals surface area contributed by atoms with Crippen molar-refractivity contribution in [2.75, 3.05) is 5.73 Å². The van der Waals surface area contributed by atoms with E-state index in [1.54, 1.807) is 6.07 Å². The number of nitrogens with zero attached hydrogens (tertiary/aromatic N) is 2. The van der Waals surface area contributed by atoms with Crippen molar-refractivity contribution in [3.63, 3.8) is 0 Å². The van der Waals surface area contributed by atoms with Crippen LogP contribution in [-0.2, 0) is 13.0 Å². The fourth-order valence-corrected chi connectivity index (χ4v) is 2.70. The summed E-state index contributed by atoms with van der Waals surface area (Å²) in [6.07, 6.45) is -0.184. The highest BCUT2D eigenvalue weighted by atomic mass is 16.3. The maximum atomic E-state index is 10.5. The van der Waals surface area contributed by atoms with Gasteiger partial charge in [0, 0.05) is 29.6 Å². The number of aromatic nitrogens is 2. The van der Waals surface area contributed by atoms with Gasteiger partial charge >= 0.3 is 0 Å². The van der Waals surface area contributed by atoms with Crippen LogP contribution >= 0.6 is 0 Å². The fourth-order valence-electron chi connectivity index (χ4n) is 2.70. The van der Waals surface area contributed by atoms with E-state index in [2.05, 4.69) is 18.1 Å². The molecule has 0 radical (unpaired) electrons. The molecule has 0 aliphatic heterocycles. The minimum absolute atomic E-state index is 0.460. The minimum Gasteiger partial charge on any atom is -0.398 e. The number of nitrogen functional groups attached to an aromatic ring is 1. The Balaban J connectivity index is 1.97. The second-order valence-corrected chi connectivity index (χ2v) is 5.13. The van der Waals surface area contributed by atoms with E-state index < -0.39 is 6.10 Å². The molecule has 0 aliphatic rings. The minimum atomic E-state index is -0.644. The molecule has 3 N–H and O–H groups in total. The van der Waals surface area contributed by atoms with Gasteiger partial charge in [0.05, 0.1) is 17.3 Å². The second kappa shape index (κ2) is 5.58. The summed E-state index contributed by atoms with van der Waals surface area (Å²) in [5, 5.41) is 16.2. The Morgan fingerprint density at radius 1 is 1.14 bits per heavy atom. The lowest BCUT2D eigenvalue weighted by atomic mass is 10.0. The van der Waals surface area contributed by atoms with Gasteiger partial charge in [-0.1, -0.05) is 36.4 Å². The van der Waals surface area contributed by atoms with Crippen molar-refractivity contribution < 1.29 is 5.11 Å². The largest absolute Gasteiger partial charge is 0.398 e. The van der Waals surface area contributed by atoms with Gasteiger partial charge in [0.25, 0.3) is 0 Å². The number of rotatable bonds is 4. The zero-order valence-corrected chi connectivity index (χ0v) is 12.0. The number of anilines is 1. The van der Waals surface area contributed by atoms with Crippen LogP contribution in [-0.4, -0.2) is 14.9 Å². The Morgan fingerprint density at radius 3 is 2.62 bits per heavy atom. The van der Waals surface area contributed by atoms with Crippen molar-refractivity contribution in [1.82, 2.24) is 9.78 Å². The summed E-state index contributed by atoms with van der Waals surface area (Å²) in [7, 11) is 0. The number of hydrogen-bond donors (Lipinski definition) is 2. The topological polar surface area (TPSA) is 64.1 Å². The quantitative estimate of drug-likeness (QED) is 0.723. The number of nitrogens with two attached hydrogens (primary N) is 1. The number of fused-ring (bicyclic) bond motifs is 1. The molecular weight excluding hydrogens is 262 g/mol. The molecule has 0 fully saturated rings. The molecule has 0 amide bonds. The molecule has 0 aliphatic carbocycles. The zero-order valence-electron chi connectivity index (χ0n) is 12.0. The molecule has 21 heavy (non-hydrogen) atoms. The molecule has 2 aromatic carbocycles. The normalized spacial score (nSPS) is 12.7. The smallest absolute Gasteiger partial charge is 0.0866 e. The number of benzene rings is 2. The van der Waals surface area contributed by atoms with Crippen LogP contribution in [0.15, 0.2) is 48.5 Å². The molecule has 3 rings (SSSR count). The highest BCUT2D eigenvalue weighted by molar-refractivity contribution is 5.82. The van der Waals surface area contributed by atoms with Gasteiger partial charge in [0.2, 0.25) is 0 Å². The number of aryl methyl sites for hydroxylation is 1. The average Bonchev–Trinajstić information content (AvgIpc) is 2.86. The Morgan fingerprint density at radius 2 is 1.86 bits per heavy atom. The standard InChI is InChI=1S/C17H19N3O/c1-2-20-16-10-6-4-8-13(16)15(19-20)11-17(21)12-7-3-5-9-14(12)18/h3-10,17,21H,2,11,18H2,1H3. The van der Waals surface area contributed by atoms with E-state index >= 15 is 0 Å². The summed E-state index contributed by atoms with van der Waals surface area (Å²) in [5.41, 5.74) is 9.31. The van der Waals surface area contributed by atoms with E-state index in [4.69, 9.17) is 5.73 Å². The Labute approximate surface area is 123 Å². The van der Waals surface area contributed by atoms with Crippen LogP contribution in [0.4, 0.5) is 5.69 Å². The maximum absolute atomic E-state index is 10.5. The first-order valence-corrected chi connectivity index (χ1v) is 7.17. The van der Waals surface area contributed by atoms with Crippen molar-refractivity contribution in [3.8, 4) is 0 Å². The Hall–Kier alpha value is -2.33. The van der Waals surface area contributed by atoms with E-state index in [0.717, 1.165) is 28.7 Å². The van der Waals surface area contributed by atoms with Crippen LogP contribution < -0.4 is 5.73 Å². The first-order chi connectivity index (χ1) is 10.2. The first kappa shape index (κ1) is 13.6. The van der Waals surface area contributed by atoms with Crippen molar-refractivity contribution in [1.29, 1.82) is 0 Å². The van der Waals surface area contributed by atoms with E-state index in [1.165, 1.54) is 0 Å². The third-order valence-corrected chi connectivity index (χ3v) is 3.78. The van der Waals surface area contributed by atoms with Crippen molar-refractivity contribution >= 4 is 16.6 Å².